The molecule has 1 aliphatic heterocycles. The van der Waals surface area contributed by atoms with Gasteiger partial charge in [0, 0.05) is 19.1 Å². The number of piperazine rings is 1. The summed E-state index contributed by atoms with van der Waals surface area (Å²) in [6.45, 7) is 5.82. The lowest BCUT2D eigenvalue weighted by Gasteiger charge is -2.31. The van der Waals surface area contributed by atoms with Crippen molar-refractivity contribution in [3.63, 3.8) is 0 Å². The van der Waals surface area contributed by atoms with Crippen LogP contribution in [0.2, 0.25) is 0 Å². The Morgan fingerprint density at radius 2 is 2.08 bits per heavy atom. The van der Waals surface area contributed by atoms with Gasteiger partial charge in [0.25, 0.3) is 0 Å². The van der Waals surface area contributed by atoms with E-state index in [1.54, 1.807) is 0 Å². The fraction of sp³-hybridized carbons (Fsp3) is 0.889. The molecule has 13 heavy (non-hydrogen) atoms. The first-order valence-electron chi connectivity index (χ1n) is 4.81. The molecule has 1 rings (SSSR count). The van der Waals surface area contributed by atoms with Crippen molar-refractivity contribution >= 4 is 5.97 Å². The van der Waals surface area contributed by atoms with Crippen LogP contribution in [-0.2, 0) is 4.79 Å². The van der Waals surface area contributed by atoms with E-state index in [1.807, 2.05) is 0 Å². The zero-order valence-electron chi connectivity index (χ0n) is 8.21. The Morgan fingerprint density at radius 3 is 2.62 bits per heavy atom. The number of carboxylic acids is 1. The number of rotatable bonds is 3. The number of hydrogen-bond donors (Lipinski definition) is 3. The molecular formula is C9H18N2O2. The third kappa shape index (κ3) is 2.97. The zero-order chi connectivity index (χ0) is 9.84. The summed E-state index contributed by atoms with van der Waals surface area (Å²) in [6, 6.07) is -0.345. The molecule has 0 spiro atoms. The third-order valence-electron chi connectivity index (χ3n) is 2.29. The van der Waals surface area contributed by atoms with Gasteiger partial charge in [0.2, 0.25) is 0 Å². The van der Waals surface area contributed by atoms with Gasteiger partial charge in [0.05, 0.1) is 0 Å². The zero-order valence-corrected chi connectivity index (χ0v) is 8.21. The topological polar surface area (TPSA) is 61.4 Å². The molecular weight excluding hydrogens is 168 g/mol. The largest absolute Gasteiger partial charge is 0.480 e. The lowest BCUT2D eigenvalue weighted by Crippen LogP contribution is -2.59. The van der Waals surface area contributed by atoms with Crippen LogP contribution in [0.5, 0.6) is 0 Å². The van der Waals surface area contributed by atoms with Crippen molar-refractivity contribution in [2.24, 2.45) is 5.92 Å². The summed E-state index contributed by atoms with van der Waals surface area (Å²) in [6.07, 6.45) is 0.907. The van der Waals surface area contributed by atoms with E-state index < -0.39 is 12.0 Å². The van der Waals surface area contributed by atoms with Gasteiger partial charge in [-0.2, -0.15) is 0 Å². The van der Waals surface area contributed by atoms with Gasteiger partial charge in [0.15, 0.2) is 0 Å². The molecule has 0 saturated carbocycles. The molecule has 1 aliphatic rings. The van der Waals surface area contributed by atoms with Gasteiger partial charge in [-0.1, -0.05) is 13.8 Å². The first-order valence-corrected chi connectivity index (χ1v) is 4.81. The molecule has 0 radical (unpaired) electrons. The lowest BCUT2D eigenvalue weighted by atomic mass is 9.96. The van der Waals surface area contributed by atoms with Gasteiger partial charge in [-0.25, -0.2) is 0 Å². The molecule has 3 N–H and O–H groups in total. The Labute approximate surface area is 78.7 Å². The molecule has 0 aliphatic carbocycles. The van der Waals surface area contributed by atoms with Crippen molar-refractivity contribution < 1.29 is 9.90 Å². The second-order valence-electron chi connectivity index (χ2n) is 3.96. The highest BCUT2D eigenvalue weighted by Crippen LogP contribution is 2.10. The highest BCUT2D eigenvalue weighted by atomic mass is 16.4. The van der Waals surface area contributed by atoms with Gasteiger partial charge < -0.3 is 15.7 Å². The standard InChI is InChI=1S/C9H18N2O2/c1-6(2)5-7-8(9(12)13)11-4-3-10-7/h6-8,10-11H,3-5H2,1-2H3,(H,12,13). The van der Waals surface area contributed by atoms with Crippen LogP contribution in [0, 0.1) is 5.92 Å². The second kappa shape index (κ2) is 4.58. The third-order valence-corrected chi connectivity index (χ3v) is 2.29. The summed E-state index contributed by atoms with van der Waals surface area (Å²) in [5.74, 6) is -0.225. The van der Waals surface area contributed by atoms with Crippen molar-refractivity contribution in [2.75, 3.05) is 13.1 Å². The quantitative estimate of drug-likeness (QED) is 0.582. The molecule has 0 aromatic rings. The maximum absolute atomic E-state index is 10.8. The van der Waals surface area contributed by atoms with Gasteiger partial charge in [0.1, 0.15) is 6.04 Å². The molecule has 76 valence electrons. The van der Waals surface area contributed by atoms with Crippen LogP contribution in [0.1, 0.15) is 20.3 Å². The summed E-state index contributed by atoms with van der Waals surface area (Å²) >= 11 is 0. The van der Waals surface area contributed by atoms with Crippen LogP contribution in [0.25, 0.3) is 0 Å². The molecule has 1 heterocycles. The van der Waals surface area contributed by atoms with Crippen LogP contribution >= 0.6 is 0 Å². The molecule has 2 unspecified atom stereocenters. The van der Waals surface area contributed by atoms with E-state index in [0.717, 1.165) is 19.5 Å². The number of carbonyl (C=O) groups is 1. The lowest BCUT2D eigenvalue weighted by molar-refractivity contribution is -0.140. The maximum atomic E-state index is 10.8. The molecule has 0 bridgehead atoms. The van der Waals surface area contributed by atoms with Crippen LogP contribution < -0.4 is 10.6 Å². The predicted molar refractivity (Wildman–Crippen MR) is 50.7 cm³/mol. The Morgan fingerprint density at radius 1 is 1.46 bits per heavy atom. The minimum Gasteiger partial charge on any atom is -0.480 e. The van der Waals surface area contributed by atoms with Crippen molar-refractivity contribution in [2.45, 2.75) is 32.4 Å². The summed E-state index contributed by atoms with van der Waals surface area (Å²) in [4.78, 5) is 10.8. The van der Waals surface area contributed by atoms with Gasteiger partial charge in [-0.15, -0.1) is 0 Å². The second-order valence-corrected chi connectivity index (χ2v) is 3.96. The van der Waals surface area contributed by atoms with Crippen molar-refractivity contribution in [3.8, 4) is 0 Å². The summed E-state index contributed by atoms with van der Waals surface area (Å²) in [5.41, 5.74) is 0. The van der Waals surface area contributed by atoms with E-state index in [0.29, 0.717) is 5.92 Å². The van der Waals surface area contributed by atoms with Crippen molar-refractivity contribution in [3.05, 3.63) is 0 Å². The van der Waals surface area contributed by atoms with Crippen molar-refractivity contribution in [1.82, 2.24) is 10.6 Å². The maximum Gasteiger partial charge on any atom is 0.322 e. The van der Waals surface area contributed by atoms with E-state index in [4.69, 9.17) is 5.11 Å². The molecule has 1 fully saturated rings. The van der Waals surface area contributed by atoms with Gasteiger partial charge in [-0.3, -0.25) is 4.79 Å². The Kier molecular flexibility index (Phi) is 3.69. The van der Waals surface area contributed by atoms with E-state index in [2.05, 4.69) is 24.5 Å². The summed E-state index contributed by atoms with van der Waals surface area (Å²) < 4.78 is 0. The number of nitrogens with one attached hydrogen (secondary N) is 2. The minimum atomic E-state index is -0.752. The average molecular weight is 186 g/mol. The molecule has 0 aromatic heterocycles. The molecule has 0 amide bonds. The number of hydrogen-bond acceptors (Lipinski definition) is 3. The van der Waals surface area contributed by atoms with Crippen LogP contribution in [0.4, 0.5) is 0 Å². The first kappa shape index (κ1) is 10.5. The van der Waals surface area contributed by atoms with Crippen LogP contribution in [-0.4, -0.2) is 36.2 Å². The molecule has 1 saturated heterocycles. The molecule has 4 heteroatoms. The minimum absolute atomic E-state index is 0.0752. The summed E-state index contributed by atoms with van der Waals surface area (Å²) in [7, 11) is 0. The number of aliphatic carboxylic acids is 1. The highest BCUT2D eigenvalue weighted by molar-refractivity contribution is 5.74. The van der Waals surface area contributed by atoms with E-state index in [9.17, 15) is 4.79 Å². The first-order chi connectivity index (χ1) is 6.11. The Hall–Kier alpha value is -0.610. The fourth-order valence-electron chi connectivity index (χ4n) is 1.73. The molecule has 2 atom stereocenters. The van der Waals surface area contributed by atoms with E-state index in [-0.39, 0.29) is 6.04 Å². The monoisotopic (exact) mass is 186 g/mol. The Balaban J connectivity index is 2.51. The predicted octanol–water partition coefficient (Wildman–Crippen LogP) is 0.0471. The average Bonchev–Trinajstić information content (AvgIpc) is 2.03. The van der Waals surface area contributed by atoms with E-state index >= 15 is 0 Å². The number of carboxylic acid groups (broad SMARTS) is 1. The summed E-state index contributed by atoms with van der Waals surface area (Å²) in [5, 5.41) is 15.2. The van der Waals surface area contributed by atoms with Crippen LogP contribution in [0.15, 0.2) is 0 Å². The van der Waals surface area contributed by atoms with E-state index in [1.165, 1.54) is 0 Å². The highest BCUT2D eigenvalue weighted by Gasteiger charge is 2.30. The fourth-order valence-corrected chi connectivity index (χ4v) is 1.73. The smallest absolute Gasteiger partial charge is 0.322 e. The van der Waals surface area contributed by atoms with Crippen molar-refractivity contribution in [1.29, 1.82) is 0 Å². The van der Waals surface area contributed by atoms with Crippen LogP contribution in [0.3, 0.4) is 0 Å². The normalized spacial score (nSPS) is 29.2. The molecule has 4 nitrogen and oxygen atoms in total. The Bertz CT molecular complexity index is 182. The van der Waals surface area contributed by atoms with Gasteiger partial charge >= 0.3 is 5.97 Å². The SMILES string of the molecule is CC(C)CC1NCCNC1C(=O)O. The van der Waals surface area contributed by atoms with Gasteiger partial charge in [-0.05, 0) is 12.3 Å². The molecule has 0 aromatic carbocycles.